The zero-order valence-electron chi connectivity index (χ0n) is 12.3. The molecule has 0 spiro atoms. The van der Waals surface area contributed by atoms with E-state index in [1.807, 2.05) is 18.2 Å². The Bertz CT molecular complexity index is 412. The minimum atomic E-state index is -0.354. The van der Waals surface area contributed by atoms with Crippen molar-refractivity contribution in [3.63, 3.8) is 0 Å². The van der Waals surface area contributed by atoms with Crippen molar-refractivity contribution in [2.45, 2.75) is 32.7 Å². The van der Waals surface area contributed by atoms with Gasteiger partial charge in [-0.05, 0) is 30.9 Å². The van der Waals surface area contributed by atoms with Crippen LogP contribution in [-0.4, -0.2) is 36.7 Å². The smallest absolute Gasteiger partial charge is 0.410 e. The van der Waals surface area contributed by atoms with Crippen LogP contribution in [0.25, 0.3) is 0 Å². The second kappa shape index (κ2) is 7.29. The number of piperidine rings is 1. The van der Waals surface area contributed by atoms with Gasteiger partial charge in [-0.3, -0.25) is 0 Å². The standard InChI is InChI=1S/C16H23N2O2/c1-13(2)12-18-10-8-14(9-11-18)17-16(19)20-15-6-4-3-5-7-15/h3-7,14H,8-12H2,1-2H3,(H,17,19). The Hall–Kier alpha value is -1.55. The molecular weight excluding hydrogens is 252 g/mol. The van der Waals surface area contributed by atoms with E-state index < -0.39 is 0 Å². The Balaban J connectivity index is 1.71. The van der Waals surface area contributed by atoms with Gasteiger partial charge in [-0.15, -0.1) is 0 Å². The fourth-order valence-electron chi connectivity index (χ4n) is 2.47. The summed E-state index contributed by atoms with van der Waals surface area (Å²) in [7, 11) is 0. The molecule has 2 rings (SSSR count). The van der Waals surface area contributed by atoms with Crippen molar-refractivity contribution in [1.82, 2.24) is 10.2 Å². The number of hydrogen-bond acceptors (Lipinski definition) is 3. The van der Waals surface area contributed by atoms with Crippen molar-refractivity contribution in [3.05, 3.63) is 36.2 Å². The normalized spacial score (nSPS) is 17.1. The highest BCUT2D eigenvalue weighted by atomic mass is 16.6. The number of carbonyl (C=O) groups is 1. The molecule has 1 fully saturated rings. The molecule has 0 unspecified atom stereocenters. The van der Waals surface area contributed by atoms with E-state index in [1.165, 1.54) is 5.92 Å². The fraction of sp³-hybridized carbons (Fsp3) is 0.500. The summed E-state index contributed by atoms with van der Waals surface area (Å²) >= 11 is 0. The number of likely N-dealkylation sites (tertiary alicyclic amines) is 1. The number of amides is 1. The lowest BCUT2D eigenvalue weighted by Gasteiger charge is -2.32. The van der Waals surface area contributed by atoms with Gasteiger partial charge in [0.2, 0.25) is 0 Å². The topological polar surface area (TPSA) is 41.6 Å². The highest BCUT2D eigenvalue weighted by molar-refractivity contribution is 5.70. The van der Waals surface area contributed by atoms with Crippen LogP contribution >= 0.6 is 0 Å². The molecule has 1 radical (unpaired) electrons. The first kappa shape index (κ1) is 14.9. The molecule has 4 heteroatoms. The van der Waals surface area contributed by atoms with Crippen molar-refractivity contribution < 1.29 is 9.53 Å². The molecule has 0 bridgehead atoms. The van der Waals surface area contributed by atoms with Gasteiger partial charge < -0.3 is 15.0 Å². The van der Waals surface area contributed by atoms with Crippen molar-refractivity contribution in [3.8, 4) is 5.75 Å². The van der Waals surface area contributed by atoms with Gasteiger partial charge in [0.05, 0.1) is 0 Å². The monoisotopic (exact) mass is 275 g/mol. The third-order valence-corrected chi connectivity index (χ3v) is 3.40. The molecule has 1 aromatic carbocycles. The molecule has 0 saturated carbocycles. The van der Waals surface area contributed by atoms with Crippen molar-refractivity contribution in [2.75, 3.05) is 19.6 Å². The number of ether oxygens (including phenoxy) is 1. The highest BCUT2D eigenvalue weighted by Gasteiger charge is 2.21. The Morgan fingerprint density at radius 1 is 1.25 bits per heavy atom. The summed E-state index contributed by atoms with van der Waals surface area (Å²) in [5.74, 6) is 2.01. The van der Waals surface area contributed by atoms with Crippen LogP contribution < -0.4 is 10.1 Å². The SMILES string of the molecule is C[C](C)CN1CCC(NC(=O)Oc2ccccc2)CC1. The van der Waals surface area contributed by atoms with Crippen molar-refractivity contribution >= 4 is 6.09 Å². The average Bonchev–Trinajstić information content (AvgIpc) is 2.41. The van der Waals surface area contributed by atoms with E-state index in [0.717, 1.165) is 32.5 Å². The zero-order chi connectivity index (χ0) is 14.4. The molecule has 1 amide bonds. The summed E-state index contributed by atoms with van der Waals surface area (Å²) in [6.45, 7) is 7.42. The minimum Gasteiger partial charge on any atom is -0.410 e. The summed E-state index contributed by atoms with van der Waals surface area (Å²) in [6, 6.07) is 9.38. The predicted octanol–water partition coefficient (Wildman–Crippen LogP) is 2.85. The molecule has 1 aromatic rings. The Kier molecular flexibility index (Phi) is 5.41. The first-order chi connectivity index (χ1) is 9.63. The maximum absolute atomic E-state index is 11.8. The lowest BCUT2D eigenvalue weighted by Crippen LogP contribution is -2.46. The van der Waals surface area contributed by atoms with E-state index in [-0.39, 0.29) is 12.1 Å². The fourth-order valence-corrected chi connectivity index (χ4v) is 2.47. The summed E-state index contributed by atoms with van der Waals surface area (Å²) in [6.07, 6.45) is 1.61. The summed E-state index contributed by atoms with van der Waals surface area (Å²) in [5.41, 5.74) is 0. The van der Waals surface area contributed by atoms with Crippen LogP contribution in [0.5, 0.6) is 5.75 Å². The molecule has 109 valence electrons. The first-order valence-electron chi connectivity index (χ1n) is 7.18. The maximum atomic E-state index is 11.8. The van der Waals surface area contributed by atoms with E-state index in [9.17, 15) is 4.79 Å². The van der Waals surface area contributed by atoms with Gasteiger partial charge in [0, 0.05) is 25.7 Å². The van der Waals surface area contributed by atoms with Crippen LogP contribution in [0, 0.1) is 5.92 Å². The highest BCUT2D eigenvalue weighted by Crippen LogP contribution is 2.13. The van der Waals surface area contributed by atoms with Crippen LogP contribution in [0.3, 0.4) is 0 Å². The van der Waals surface area contributed by atoms with Crippen LogP contribution in [0.15, 0.2) is 30.3 Å². The molecule has 1 heterocycles. The quantitative estimate of drug-likeness (QED) is 0.918. The number of carbonyl (C=O) groups excluding carboxylic acids is 1. The third kappa shape index (κ3) is 4.85. The molecule has 4 nitrogen and oxygen atoms in total. The van der Waals surface area contributed by atoms with Crippen molar-refractivity contribution in [1.29, 1.82) is 0 Å². The summed E-state index contributed by atoms with van der Waals surface area (Å²) < 4.78 is 5.24. The lowest BCUT2D eigenvalue weighted by molar-refractivity contribution is 0.174. The largest absolute Gasteiger partial charge is 0.412 e. The lowest BCUT2D eigenvalue weighted by atomic mass is 10.0. The zero-order valence-corrected chi connectivity index (χ0v) is 12.3. The molecule has 1 aliphatic heterocycles. The maximum Gasteiger partial charge on any atom is 0.412 e. The molecule has 20 heavy (non-hydrogen) atoms. The first-order valence-corrected chi connectivity index (χ1v) is 7.18. The molecular formula is C16H23N2O2. The predicted molar refractivity (Wildman–Crippen MR) is 79.7 cm³/mol. The van der Waals surface area contributed by atoms with E-state index >= 15 is 0 Å². The Morgan fingerprint density at radius 3 is 2.50 bits per heavy atom. The van der Waals surface area contributed by atoms with Gasteiger partial charge in [-0.1, -0.05) is 32.0 Å². The third-order valence-electron chi connectivity index (χ3n) is 3.40. The van der Waals surface area contributed by atoms with Gasteiger partial charge in [0.15, 0.2) is 0 Å². The minimum absolute atomic E-state index is 0.222. The number of benzene rings is 1. The molecule has 0 aliphatic carbocycles. The number of para-hydroxylation sites is 1. The van der Waals surface area contributed by atoms with E-state index in [0.29, 0.717) is 5.75 Å². The van der Waals surface area contributed by atoms with E-state index in [1.54, 1.807) is 12.1 Å². The van der Waals surface area contributed by atoms with Crippen LogP contribution in [0.1, 0.15) is 26.7 Å². The number of nitrogens with one attached hydrogen (secondary N) is 1. The van der Waals surface area contributed by atoms with Crippen LogP contribution in [-0.2, 0) is 0 Å². The number of hydrogen-bond donors (Lipinski definition) is 1. The van der Waals surface area contributed by atoms with E-state index in [4.69, 9.17) is 4.74 Å². The molecule has 0 atom stereocenters. The van der Waals surface area contributed by atoms with Crippen LogP contribution in [0.4, 0.5) is 4.79 Å². The number of nitrogens with zero attached hydrogens (tertiary/aromatic N) is 1. The average molecular weight is 275 g/mol. The Labute approximate surface area is 121 Å². The van der Waals surface area contributed by atoms with Gasteiger partial charge >= 0.3 is 6.09 Å². The summed E-state index contributed by atoms with van der Waals surface area (Å²) in [5, 5.41) is 2.95. The van der Waals surface area contributed by atoms with Crippen LogP contribution in [0.2, 0.25) is 0 Å². The van der Waals surface area contributed by atoms with Gasteiger partial charge in [0.25, 0.3) is 0 Å². The Morgan fingerprint density at radius 2 is 1.90 bits per heavy atom. The summed E-state index contributed by atoms with van der Waals surface area (Å²) in [4.78, 5) is 14.2. The van der Waals surface area contributed by atoms with Gasteiger partial charge in [-0.25, -0.2) is 4.79 Å². The molecule has 1 aliphatic rings. The number of rotatable bonds is 4. The molecule has 0 aromatic heterocycles. The second-order valence-corrected chi connectivity index (χ2v) is 5.60. The van der Waals surface area contributed by atoms with E-state index in [2.05, 4.69) is 24.1 Å². The van der Waals surface area contributed by atoms with Gasteiger partial charge in [-0.2, -0.15) is 0 Å². The molecule has 1 saturated heterocycles. The van der Waals surface area contributed by atoms with Gasteiger partial charge in [0.1, 0.15) is 5.75 Å². The molecule has 1 N–H and O–H groups in total. The second-order valence-electron chi connectivity index (χ2n) is 5.60. The van der Waals surface area contributed by atoms with Crippen molar-refractivity contribution in [2.24, 2.45) is 0 Å².